The van der Waals surface area contributed by atoms with Gasteiger partial charge in [0.15, 0.2) is 5.82 Å². The van der Waals surface area contributed by atoms with Crippen LogP contribution in [0.15, 0.2) is 36.7 Å². The minimum atomic E-state index is -5.05. The molecule has 0 fully saturated rings. The van der Waals surface area contributed by atoms with Crippen molar-refractivity contribution < 1.29 is 27.8 Å². The van der Waals surface area contributed by atoms with Crippen molar-refractivity contribution in [1.29, 1.82) is 0 Å². The minimum absolute atomic E-state index is 0.00127. The van der Waals surface area contributed by atoms with Crippen molar-refractivity contribution in [2.24, 2.45) is 7.05 Å². The molecule has 0 aliphatic rings. The zero-order valence-corrected chi connectivity index (χ0v) is 14.4. The minimum Gasteiger partial charge on any atom is -0.492 e. The highest BCUT2D eigenvalue weighted by Crippen LogP contribution is 2.40. The quantitative estimate of drug-likeness (QED) is 0.731. The summed E-state index contributed by atoms with van der Waals surface area (Å²) in [5, 5.41) is 12.4. The first-order valence-corrected chi connectivity index (χ1v) is 7.86. The van der Waals surface area contributed by atoms with Gasteiger partial charge in [-0.1, -0.05) is 12.1 Å². The number of halogens is 3. The fourth-order valence-electron chi connectivity index (χ4n) is 2.43. The van der Waals surface area contributed by atoms with Gasteiger partial charge in [-0.25, -0.2) is 4.98 Å². The van der Waals surface area contributed by atoms with Gasteiger partial charge < -0.3 is 19.7 Å². The number of nitrogens with zero attached hydrogens (tertiary/aromatic N) is 2. The number of nitrogens with one attached hydrogen (secondary N) is 1. The van der Waals surface area contributed by atoms with Gasteiger partial charge in [-0.05, 0) is 24.6 Å². The molecular weight excluding hydrogens is 351 g/mol. The van der Waals surface area contributed by atoms with Crippen LogP contribution in [0.5, 0.6) is 5.75 Å². The molecule has 0 radical (unpaired) electrons. The molecule has 1 heterocycles. The molecule has 1 aromatic carbocycles. The summed E-state index contributed by atoms with van der Waals surface area (Å²) in [5.74, 6) is -1.00. The predicted octanol–water partition coefficient (Wildman–Crippen LogP) is 2.06. The molecule has 142 valence electrons. The second-order valence-corrected chi connectivity index (χ2v) is 5.91. The van der Waals surface area contributed by atoms with Crippen molar-refractivity contribution in [2.45, 2.75) is 25.1 Å². The van der Waals surface area contributed by atoms with Gasteiger partial charge in [0.25, 0.3) is 0 Å². The molecule has 9 heteroatoms. The number of ether oxygens (including phenoxy) is 1. The third kappa shape index (κ3) is 4.54. The predicted molar refractivity (Wildman–Crippen MR) is 87.5 cm³/mol. The molecule has 0 bridgehead atoms. The number of aryl methyl sites for hydroxylation is 2. The lowest BCUT2D eigenvalue weighted by Gasteiger charge is -2.29. The number of carbonyl (C=O) groups excluding carboxylic acids is 1. The number of carbonyl (C=O) groups is 1. The maximum absolute atomic E-state index is 13.3. The fraction of sp³-hybridized carbons (Fsp3) is 0.412. The van der Waals surface area contributed by atoms with E-state index in [1.807, 2.05) is 13.0 Å². The lowest BCUT2D eigenvalue weighted by atomic mass is 9.97. The third-order valence-corrected chi connectivity index (χ3v) is 3.76. The summed E-state index contributed by atoms with van der Waals surface area (Å²) in [7, 11) is 1.31. The highest BCUT2D eigenvalue weighted by Gasteiger charge is 2.58. The Kier molecular flexibility index (Phi) is 5.91. The molecule has 6 nitrogen and oxygen atoms in total. The number of alkyl halides is 3. The van der Waals surface area contributed by atoms with E-state index in [0.29, 0.717) is 5.75 Å². The Labute approximate surface area is 148 Å². The highest BCUT2D eigenvalue weighted by atomic mass is 19.4. The van der Waals surface area contributed by atoms with E-state index in [1.165, 1.54) is 13.2 Å². The normalized spacial score (nSPS) is 13.9. The van der Waals surface area contributed by atoms with Crippen LogP contribution in [0.2, 0.25) is 0 Å². The number of hydrogen-bond donors (Lipinski definition) is 2. The molecule has 2 aromatic rings. The van der Waals surface area contributed by atoms with Gasteiger partial charge >= 0.3 is 6.18 Å². The van der Waals surface area contributed by atoms with E-state index in [9.17, 15) is 23.1 Å². The van der Waals surface area contributed by atoms with Crippen molar-refractivity contribution in [3.8, 4) is 5.75 Å². The summed E-state index contributed by atoms with van der Waals surface area (Å²) in [4.78, 5) is 15.5. The van der Waals surface area contributed by atoms with Crippen LogP contribution in [-0.4, -0.2) is 39.9 Å². The lowest BCUT2D eigenvalue weighted by Crippen LogP contribution is -2.48. The third-order valence-electron chi connectivity index (χ3n) is 3.76. The van der Waals surface area contributed by atoms with Crippen LogP contribution in [0.25, 0.3) is 0 Å². The number of rotatable bonds is 7. The monoisotopic (exact) mass is 371 g/mol. The number of imidazole rings is 1. The maximum atomic E-state index is 13.3. The molecule has 1 amide bonds. The summed E-state index contributed by atoms with van der Waals surface area (Å²) in [6.07, 6.45) is -3.85. The van der Waals surface area contributed by atoms with E-state index in [1.54, 1.807) is 18.2 Å². The van der Waals surface area contributed by atoms with Crippen molar-refractivity contribution in [1.82, 2.24) is 14.9 Å². The number of hydrogen-bond acceptors (Lipinski definition) is 4. The molecule has 26 heavy (non-hydrogen) atoms. The van der Waals surface area contributed by atoms with Crippen LogP contribution in [0.1, 0.15) is 17.8 Å². The Morgan fingerprint density at radius 3 is 2.69 bits per heavy atom. The van der Waals surface area contributed by atoms with Crippen LogP contribution in [0, 0.1) is 6.92 Å². The second kappa shape index (κ2) is 7.77. The van der Waals surface area contributed by atoms with Crippen LogP contribution >= 0.6 is 0 Å². The second-order valence-electron chi connectivity index (χ2n) is 5.91. The van der Waals surface area contributed by atoms with Gasteiger partial charge in [0.05, 0.1) is 13.0 Å². The zero-order chi connectivity index (χ0) is 19.4. The number of amides is 1. The molecular formula is C17H20F3N3O3. The van der Waals surface area contributed by atoms with Crippen molar-refractivity contribution in [3.63, 3.8) is 0 Å². The molecule has 2 N–H and O–H groups in total. The molecule has 2 rings (SSSR count). The standard InChI is InChI=1S/C17H20F3N3O3/c1-12-4-3-5-13(10-12)26-9-7-21-14(24)11-16(25,17(18,19)20)15-22-6-8-23(15)2/h3-6,8,10,25H,7,9,11H2,1-2H3,(H,21,24). The van der Waals surface area contributed by atoms with E-state index >= 15 is 0 Å². The molecule has 0 spiro atoms. The summed E-state index contributed by atoms with van der Waals surface area (Å²) in [6, 6.07) is 7.23. The topological polar surface area (TPSA) is 76.4 Å². The molecule has 0 aliphatic carbocycles. The van der Waals surface area contributed by atoms with Gasteiger partial charge in [0, 0.05) is 19.4 Å². The van der Waals surface area contributed by atoms with E-state index in [0.717, 1.165) is 16.3 Å². The Hall–Kier alpha value is -2.55. The molecule has 0 saturated heterocycles. The van der Waals surface area contributed by atoms with Gasteiger partial charge in [0.1, 0.15) is 12.4 Å². The van der Waals surface area contributed by atoms with Crippen molar-refractivity contribution in [3.05, 3.63) is 48.0 Å². The zero-order valence-electron chi connectivity index (χ0n) is 14.4. The van der Waals surface area contributed by atoms with E-state index < -0.39 is 29.9 Å². The van der Waals surface area contributed by atoms with E-state index in [-0.39, 0.29) is 13.2 Å². The summed E-state index contributed by atoms with van der Waals surface area (Å²) in [6.45, 7) is 1.98. The van der Waals surface area contributed by atoms with Crippen LogP contribution in [0.3, 0.4) is 0 Å². The SMILES string of the molecule is Cc1cccc(OCCNC(=O)CC(O)(c2nccn2C)C(F)(F)F)c1. The van der Waals surface area contributed by atoms with E-state index in [2.05, 4.69) is 10.3 Å². The highest BCUT2D eigenvalue weighted by molar-refractivity contribution is 5.77. The number of aliphatic hydroxyl groups is 1. The number of benzene rings is 1. The van der Waals surface area contributed by atoms with E-state index in [4.69, 9.17) is 4.74 Å². The van der Waals surface area contributed by atoms with Gasteiger partial charge in [-0.15, -0.1) is 0 Å². The summed E-state index contributed by atoms with van der Waals surface area (Å²) >= 11 is 0. The Balaban J connectivity index is 1.93. The lowest BCUT2D eigenvalue weighted by molar-refractivity contribution is -0.271. The van der Waals surface area contributed by atoms with Crippen LogP contribution < -0.4 is 10.1 Å². The van der Waals surface area contributed by atoms with Crippen molar-refractivity contribution in [2.75, 3.05) is 13.2 Å². The Morgan fingerprint density at radius 1 is 1.38 bits per heavy atom. The molecule has 1 aromatic heterocycles. The first-order chi connectivity index (χ1) is 12.1. The smallest absolute Gasteiger partial charge is 0.425 e. The molecule has 1 atom stereocenters. The average molecular weight is 371 g/mol. The van der Waals surface area contributed by atoms with Gasteiger partial charge in [0.2, 0.25) is 11.5 Å². The molecule has 0 aliphatic heterocycles. The van der Waals surface area contributed by atoms with Gasteiger partial charge in [-0.2, -0.15) is 13.2 Å². The molecule has 1 unspecified atom stereocenters. The van der Waals surface area contributed by atoms with Crippen LogP contribution in [-0.2, 0) is 17.4 Å². The Bertz CT molecular complexity index is 761. The first kappa shape index (κ1) is 19.8. The Morgan fingerprint density at radius 2 is 2.12 bits per heavy atom. The van der Waals surface area contributed by atoms with Crippen molar-refractivity contribution >= 4 is 5.91 Å². The number of aromatic nitrogens is 2. The largest absolute Gasteiger partial charge is 0.492 e. The summed E-state index contributed by atoms with van der Waals surface area (Å²) < 4.78 is 46.5. The summed E-state index contributed by atoms with van der Waals surface area (Å²) in [5.41, 5.74) is -2.37. The fourth-order valence-corrected chi connectivity index (χ4v) is 2.43. The average Bonchev–Trinajstić information content (AvgIpc) is 2.97. The maximum Gasteiger partial charge on any atom is 0.425 e. The first-order valence-electron chi connectivity index (χ1n) is 7.86. The van der Waals surface area contributed by atoms with Crippen LogP contribution in [0.4, 0.5) is 13.2 Å². The molecule has 0 saturated carbocycles. The van der Waals surface area contributed by atoms with Gasteiger partial charge in [-0.3, -0.25) is 4.79 Å².